The summed E-state index contributed by atoms with van der Waals surface area (Å²) in [4.78, 5) is 69.9. The van der Waals surface area contributed by atoms with Crippen molar-refractivity contribution in [3.63, 3.8) is 0 Å². The van der Waals surface area contributed by atoms with E-state index >= 15 is 0 Å². The van der Waals surface area contributed by atoms with Crippen molar-refractivity contribution in [2.45, 2.75) is 25.3 Å². The number of carbonyl (C=O) groups is 3. The topological polar surface area (TPSA) is 435 Å². The number of tetrazole rings is 1. The van der Waals surface area contributed by atoms with Crippen molar-refractivity contribution in [1.29, 1.82) is 0 Å². The van der Waals surface area contributed by atoms with Crippen LogP contribution in [0.3, 0.4) is 0 Å². The molecule has 6 N–H and O–H groups in total. The number of rotatable bonds is 34. The molecule has 0 saturated carbocycles. The molecule has 6 rings (SSSR count). The Morgan fingerprint density at radius 1 is 0.671 bits per heavy atom. The molecule has 37 heteroatoms. The zero-order valence-corrected chi connectivity index (χ0v) is 43.9. The molecule has 0 amide bonds. The van der Waals surface area contributed by atoms with E-state index in [9.17, 15) is 22.8 Å². The molecular formula is C45H52N12O24S. The normalized spacial score (nSPS) is 11.4. The summed E-state index contributed by atoms with van der Waals surface area (Å²) in [5.41, 5.74) is 1.20. The van der Waals surface area contributed by atoms with E-state index in [4.69, 9.17) is 78.6 Å². The number of carbonyl (C=O) groups excluding carboxylic acids is 3. The maximum atomic E-state index is 15.0. The van der Waals surface area contributed by atoms with Crippen LogP contribution in [0.25, 0.3) is 22.9 Å². The van der Waals surface area contributed by atoms with E-state index in [-0.39, 0.29) is 92.8 Å². The minimum atomic E-state index is -4.99. The average molecular weight is 1180 g/mol. The predicted octanol–water partition coefficient (Wildman–Crippen LogP) is 2.92. The fourth-order valence-electron chi connectivity index (χ4n) is 6.31. The number of sulfonamides is 1. The number of anilines is 1. The van der Waals surface area contributed by atoms with E-state index in [0.717, 1.165) is 4.68 Å². The second-order valence-electron chi connectivity index (χ2n) is 15.6. The molecular weight excluding hydrogens is 1120 g/mol. The van der Waals surface area contributed by atoms with E-state index < -0.39 is 100 Å². The Morgan fingerprint density at radius 2 is 1.32 bits per heavy atom. The molecule has 36 nitrogen and oxygen atoms in total. The lowest BCUT2D eigenvalue weighted by molar-refractivity contribution is -0.497. The molecule has 0 aliphatic carbocycles. The van der Waals surface area contributed by atoms with Crippen molar-refractivity contribution in [2.24, 2.45) is 0 Å². The van der Waals surface area contributed by atoms with Crippen LogP contribution in [0.5, 0.6) is 23.1 Å². The molecule has 4 heterocycles. The number of benzene rings is 2. The maximum absolute atomic E-state index is 15.0. The predicted molar refractivity (Wildman–Crippen MR) is 260 cm³/mol. The van der Waals surface area contributed by atoms with Crippen molar-refractivity contribution < 1.29 is 116 Å². The summed E-state index contributed by atoms with van der Waals surface area (Å²) >= 11 is 0. The van der Waals surface area contributed by atoms with Crippen LogP contribution < -0.4 is 18.5 Å². The first-order valence-electron chi connectivity index (χ1n) is 23.5. The molecule has 0 aliphatic rings. The first-order valence-corrected chi connectivity index (χ1v) is 24.9. The number of para-hydroxylation sites is 2. The number of ether oxygens (including phenoxy) is 10. The lowest BCUT2D eigenvalue weighted by atomic mass is 10.1. The van der Waals surface area contributed by atoms with Crippen LogP contribution in [-0.2, 0) is 71.0 Å². The average Bonchev–Trinajstić information content (AvgIpc) is 4.04. The van der Waals surface area contributed by atoms with Crippen molar-refractivity contribution >= 4 is 34.1 Å². The Hall–Kier alpha value is -8.51. The van der Waals surface area contributed by atoms with Crippen molar-refractivity contribution in [2.75, 3.05) is 84.2 Å². The fraction of sp³-hybridized carbons (Fsp3) is 0.333. The van der Waals surface area contributed by atoms with Crippen LogP contribution in [0.1, 0.15) is 21.5 Å². The van der Waals surface area contributed by atoms with Gasteiger partial charge in [0, 0.05) is 18.0 Å². The summed E-state index contributed by atoms with van der Waals surface area (Å²) < 4.78 is 86.0. The zero-order valence-electron chi connectivity index (χ0n) is 43.1. The summed E-state index contributed by atoms with van der Waals surface area (Å²) in [5.74, 6) is -2.84. The van der Waals surface area contributed by atoms with Crippen LogP contribution in [0, 0.1) is 6.92 Å². The monoisotopic (exact) mass is 1180 g/mol. The second kappa shape index (κ2) is 32.1. The Labute approximate surface area is 462 Å². The minimum Gasteiger partial charge on any atom is -0.493 e. The smallest absolute Gasteiger partial charge is 0.493 e. The van der Waals surface area contributed by atoms with Crippen LogP contribution in [0.4, 0.5) is 15.4 Å². The van der Waals surface area contributed by atoms with Gasteiger partial charge in [0.2, 0.25) is 11.6 Å². The van der Waals surface area contributed by atoms with E-state index in [1.54, 1.807) is 19.1 Å². The van der Waals surface area contributed by atoms with Crippen molar-refractivity contribution in [3.8, 4) is 46.0 Å². The number of methoxy groups -OCH3 is 1. The second-order valence-corrected chi connectivity index (χ2v) is 17.4. The Balaban J connectivity index is 1.37. The van der Waals surface area contributed by atoms with Gasteiger partial charge in [0.05, 0.1) is 75.1 Å². The number of aryl methyl sites for hydroxylation is 1. The molecule has 0 unspecified atom stereocenters. The van der Waals surface area contributed by atoms with E-state index in [1.807, 2.05) is 0 Å². The Bertz CT molecular complexity index is 3090. The van der Waals surface area contributed by atoms with Crippen LogP contribution in [0.2, 0.25) is 0 Å². The van der Waals surface area contributed by atoms with Gasteiger partial charge in [-0.25, -0.2) is 43.2 Å². The van der Waals surface area contributed by atoms with Gasteiger partial charge in [-0.15, -0.1) is 5.10 Å². The quantitative estimate of drug-likeness (QED) is 0.0111. The highest BCUT2D eigenvalue weighted by Crippen LogP contribution is 2.44. The van der Waals surface area contributed by atoms with Crippen LogP contribution in [-0.4, -0.2) is 194 Å². The SMILES string of the molecule is COc1ccccc1Oc1c(OCCOC(=O)c2ccc(CON(O)O)cc2)nc(-c2ccnc(-c3nnnn3COC(=O)OCCOCCON(O)O)c2)nc1N(COC(=O)OCCOCCON(O)O)S(=O)(=O)c1ccc(C)cn1. The molecule has 0 radical (unpaired) electrons. The van der Waals surface area contributed by atoms with Gasteiger partial charge in [0.15, 0.2) is 41.6 Å². The number of esters is 1. The number of hydrogen-bond donors (Lipinski definition) is 6. The van der Waals surface area contributed by atoms with Crippen molar-refractivity contribution in [3.05, 3.63) is 102 Å². The molecule has 0 spiro atoms. The highest BCUT2D eigenvalue weighted by atomic mass is 32.2. The molecule has 2 aromatic carbocycles. The molecule has 0 atom stereocenters. The van der Waals surface area contributed by atoms with Crippen molar-refractivity contribution in [1.82, 2.24) is 56.3 Å². The molecule has 442 valence electrons. The van der Waals surface area contributed by atoms with Gasteiger partial charge in [0.25, 0.3) is 15.9 Å². The minimum absolute atomic E-state index is 0.0114. The van der Waals surface area contributed by atoms with E-state index in [2.05, 4.69) is 50.0 Å². The lowest BCUT2D eigenvalue weighted by Crippen LogP contribution is -2.36. The van der Waals surface area contributed by atoms with E-state index in [1.165, 1.54) is 80.2 Å². The number of aromatic nitrogens is 8. The van der Waals surface area contributed by atoms with Gasteiger partial charge in [-0.05, 0) is 70.9 Å². The van der Waals surface area contributed by atoms with Gasteiger partial charge >= 0.3 is 18.3 Å². The molecule has 4 aromatic heterocycles. The molecule has 0 saturated heterocycles. The molecule has 6 aromatic rings. The number of nitrogens with zero attached hydrogens (tertiary/aromatic N) is 12. The third kappa shape index (κ3) is 19.6. The third-order valence-electron chi connectivity index (χ3n) is 10.0. The van der Waals surface area contributed by atoms with Gasteiger partial charge in [-0.2, -0.15) is 18.1 Å². The summed E-state index contributed by atoms with van der Waals surface area (Å²) in [5, 5.41) is 61.8. The zero-order chi connectivity index (χ0) is 58.9. The largest absolute Gasteiger partial charge is 0.510 e. The first-order chi connectivity index (χ1) is 39.5. The van der Waals surface area contributed by atoms with Gasteiger partial charge < -0.3 is 47.4 Å². The number of pyridine rings is 2. The summed E-state index contributed by atoms with van der Waals surface area (Å²) in [6.07, 6.45) is 0.00513. The summed E-state index contributed by atoms with van der Waals surface area (Å²) in [6.45, 7) is -3.11. The van der Waals surface area contributed by atoms with Gasteiger partial charge in [-0.3, -0.25) is 36.2 Å². The van der Waals surface area contributed by atoms with Gasteiger partial charge in [0.1, 0.15) is 32.1 Å². The Kier molecular flexibility index (Phi) is 24.5. The molecule has 0 aliphatic heterocycles. The lowest BCUT2D eigenvalue weighted by Gasteiger charge is -2.26. The number of hydrogen-bond acceptors (Lipinski definition) is 34. The fourth-order valence-corrected chi connectivity index (χ4v) is 7.50. The molecule has 0 bridgehead atoms. The molecule has 82 heavy (non-hydrogen) atoms. The van der Waals surface area contributed by atoms with Gasteiger partial charge in [-0.1, -0.05) is 30.3 Å². The van der Waals surface area contributed by atoms with Crippen LogP contribution in [0.15, 0.2) is 90.2 Å². The maximum Gasteiger partial charge on any atom is 0.510 e. The molecule has 0 fully saturated rings. The van der Waals surface area contributed by atoms with E-state index in [0.29, 0.717) is 15.4 Å². The first kappa shape index (κ1) is 62.7. The standard InChI is InChI=1S/C45H52N12O24S/c1-30-7-12-37(47-26-30)82(67,68)54(29-77-45(60)75-20-16-71-18-24-79-56(63)64)41-38(81-36-6-4-3-5-35(36)69-2)42(72-21-22-73-43(58)32-10-8-31(9-11-32)27-80-57(65)66)49-39(48-41)33-13-14-46-34(25-33)40-50-51-52-53(40)28-76-44(59)74-19-15-70-17-23-78-55(61)62/h3-14,25-26,61-66H,15-24,27-29H2,1-2H3. The summed E-state index contributed by atoms with van der Waals surface area (Å²) in [7, 11) is -3.65. The van der Waals surface area contributed by atoms with Crippen LogP contribution >= 0.6 is 0 Å². The highest BCUT2D eigenvalue weighted by Gasteiger charge is 2.35. The Morgan fingerprint density at radius 3 is 1.96 bits per heavy atom. The highest BCUT2D eigenvalue weighted by molar-refractivity contribution is 7.92. The third-order valence-corrected chi connectivity index (χ3v) is 11.6. The summed E-state index contributed by atoms with van der Waals surface area (Å²) in [6, 6.07) is 17.3.